The summed E-state index contributed by atoms with van der Waals surface area (Å²) >= 11 is -2.05. The van der Waals surface area contributed by atoms with Crippen LogP contribution in [-0.4, -0.2) is 42.9 Å². The molecule has 0 fully saturated rings. The first-order valence-electron chi connectivity index (χ1n) is 6.94. The Hall–Kier alpha value is -2.11. The van der Waals surface area contributed by atoms with Gasteiger partial charge in [0.15, 0.2) is 11.1 Å². The fraction of sp³-hybridized carbons (Fsp3) is 0.143. The number of nitrogens with one attached hydrogen (secondary N) is 1. The molecule has 0 radical (unpaired) electrons. The van der Waals surface area contributed by atoms with E-state index >= 15 is 0 Å². The van der Waals surface area contributed by atoms with Crippen molar-refractivity contribution in [3.63, 3.8) is 0 Å². The molecule has 126 valence electrons. The number of pyridine rings is 1. The molecule has 0 spiro atoms. The molecular formula is C14H16BN3O5S. The van der Waals surface area contributed by atoms with Gasteiger partial charge in [-0.2, -0.15) is 0 Å². The molecule has 0 saturated heterocycles. The lowest BCUT2D eigenvalue weighted by molar-refractivity contribution is -0.117. The predicted molar refractivity (Wildman–Crippen MR) is 89.9 cm³/mol. The zero-order valence-corrected chi connectivity index (χ0v) is 13.3. The summed E-state index contributed by atoms with van der Waals surface area (Å²) in [6, 6.07) is 6.77. The lowest BCUT2D eigenvalue weighted by Crippen LogP contribution is -2.38. The molecule has 1 aromatic carbocycles. The zero-order chi connectivity index (χ0) is 17.7. The van der Waals surface area contributed by atoms with Crippen molar-refractivity contribution >= 4 is 35.3 Å². The molecule has 2 aromatic rings. The van der Waals surface area contributed by atoms with Gasteiger partial charge in [0.25, 0.3) is 0 Å². The molecule has 1 unspecified atom stereocenters. The molecule has 8 nitrogen and oxygen atoms in total. The molecule has 0 aliphatic carbocycles. The van der Waals surface area contributed by atoms with Crippen molar-refractivity contribution in [1.29, 1.82) is 0 Å². The van der Waals surface area contributed by atoms with E-state index < -0.39 is 30.1 Å². The van der Waals surface area contributed by atoms with Crippen molar-refractivity contribution in [1.82, 2.24) is 4.98 Å². The molecular weight excluding hydrogens is 333 g/mol. The maximum atomic E-state index is 12.1. The number of hydrogen-bond acceptors (Lipinski definition) is 6. The van der Waals surface area contributed by atoms with Gasteiger partial charge in [-0.25, -0.2) is 4.21 Å². The summed E-state index contributed by atoms with van der Waals surface area (Å²) in [5.74, 6) is -0.462. The van der Waals surface area contributed by atoms with Gasteiger partial charge >= 0.3 is 7.12 Å². The topological polar surface area (TPSA) is 146 Å². The molecule has 24 heavy (non-hydrogen) atoms. The van der Waals surface area contributed by atoms with E-state index in [2.05, 4.69) is 10.3 Å². The van der Waals surface area contributed by atoms with Crippen LogP contribution < -0.4 is 16.5 Å². The van der Waals surface area contributed by atoms with E-state index in [4.69, 9.17) is 20.3 Å². The summed E-state index contributed by atoms with van der Waals surface area (Å²) in [5.41, 5.74) is 7.04. The predicted octanol–water partition coefficient (Wildman–Crippen LogP) is -1.15. The molecule has 2 atom stereocenters. The zero-order valence-electron chi connectivity index (χ0n) is 12.5. The van der Waals surface area contributed by atoms with E-state index in [1.807, 2.05) is 0 Å². The molecule has 6 N–H and O–H groups in total. The van der Waals surface area contributed by atoms with Crippen LogP contribution in [0.15, 0.2) is 47.6 Å². The minimum atomic E-state index is -2.05. The number of rotatable bonds is 6. The average molecular weight is 349 g/mol. The third-order valence-corrected chi connectivity index (χ3v) is 3.92. The second-order valence-corrected chi connectivity index (χ2v) is 6.04. The van der Waals surface area contributed by atoms with Crippen molar-refractivity contribution in [2.45, 2.75) is 17.4 Å². The van der Waals surface area contributed by atoms with Gasteiger partial charge in [-0.1, -0.05) is 12.1 Å². The van der Waals surface area contributed by atoms with Crippen molar-refractivity contribution in [2.24, 2.45) is 5.73 Å². The first kappa shape index (κ1) is 18.2. The van der Waals surface area contributed by atoms with Crippen molar-refractivity contribution in [3.8, 4) is 0 Å². The van der Waals surface area contributed by atoms with E-state index in [0.717, 1.165) is 5.56 Å². The Kier molecular flexibility index (Phi) is 6.18. The quantitative estimate of drug-likeness (QED) is 0.327. The third-order valence-electron chi connectivity index (χ3n) is 3.24. The monoisotopic (exact) mass is 349 g/mol. The van der Waals surface area contributed by atoms with Gasteiger partial charge in [0.05, 0.1) is 22.8 Å². The lowest BCUT2D eigenvalue weighted by Gasteiger charge is -2.13. The molecule has 0 aliphatic rings. The van der Waals surface area contributed by atoms with Crippen LogP contribution in [0.2, 0.25) is 0 Å². The summed E-state index contributed by atoms with van der Waals surface area (Å²) in [7, 11) is -1.68. The molecule has 0 aliphatic heterocycles. The van der Waals surface area contributed by atoms with Crippen LogP contribution in [0.25, 0.3) is 0 Å². The number of hydrogen-bond donors (Lipinski definition) is 5. The smallest absolute Gasteiger partial charge is 0.423 e. The first-order valence-corrected chi connectivity index (χ1v) is 8.05. The van der Waals surface area contributed by atoms with E-state index in [-0.39, 0.29) is 16.8 Å². The van der Waals surface area contributed by atoms with Gasteiger partial charge in [-0.3, -0.25) is 9.78 Å². The van der Waals surface area contributed by atoms with E-state index in [1.54, 1.807) is 12.1 Å². The molecule has 1 heterocycles. The lowest BCUT2D eigenvalue weighted by atomic mass is 9.81. The maximum absolute atomic E-state index is 12.1. The minimum absolute atomic E-state index is 0.147. The number of amides is 1. The van der Waals surface area contributed by atoms with Gasteiger partial charge in [-0.05, 0) is 30.2 Å². The van der Waals surface area contributed by atoms with Crippen molar-refractivity contribution in [3.05, 3.63) is 48.3 Å². The van der Waals surface area contributed by atoms with Gasteiger partial charge in [0, 0.05) is 11.7 Å². The van der Waals surface area contributed by atoms with Crippen LogP contribution in [0.5, 0.6) is 0 Å². The Labute approximate surface area is 141 Å². The fourth-order valence-electron chi connectivity index (χ4n) is 1.99. The average Bonchev–Trinajstić information content (AvgIpc) is 2.55. The molecule has 1 amide bonds. The minimum Gasteiger partial charge on any atom is -0.423 e. The van der Waals surface area contributed by atoms with E-state index in [0.29, 0.717) is 5.69 Å². The summed E-state index contributed by atoms with van der Waals surface area (Å²) in [5, 5.41) is 20.7. The van der Waals surface area contributed by atoms with E-state index in [9.17, 15) is 9.00 Å². The van der Waals surface area contributed by atoms with Gasteiger partial charge in [0.2, 0.25) is 5.91 Å². The standard InChI is InChI=1S/C14H16BN3O5S/c16-13(5-9-1-3-12(4-2-9)24(22)23)14(19)18-11-6-10(15(20)21)7-17-8-11/h1-4,6-8,13,20-21H,5,16H2,(H,18,19)(H,22,23)/t13-/m0/s1. The Morgan fingerprint density at radius 1 is 1.29 bits per heavy atom. The third kappa shape index (κ3) is 4.95. The van der Waals surface area contributed by atoms with Crippen LogP contribution in [0.4, 0.5) is 5.69 Å². The summed E-state index contributed by atoms with van der Waals surface area (Å²) < 4.78 is 19.9. The summed E-state index contributed by atoms with van der Waals surface area (Å²) in [6.45, 7) is 0. The Bertz CT molecular complexity index is 741. The second kappa shape index (κ2) is 8.13. The van der Waals surface area contributed by atoms with E-state index in [1.165, 1.54) is 30.6 Å². The summed E-state index contributed by atoms with van der Waals surface area (Å²) in [4.78, 5) is 16.2. The Morgan fingerprint density at radius 3 is 2.54 bits per heavy atom. The first-order chi connectivity index (χ1) is 11.4. The van der Waals surface area contributed by atoms with Crippen LogP contribution in [0.3, 0.4) is 0 Å². The van der Waals surface area contributed by atoms with Crippen LogP contribution in [-0.2, 0) is 22.3 Å². The number of anilines is 1. The highest BCUT2D eigenvalue weighted by Gasteiger charge is 2.17. The van der Waals surface area contributed by atoms with Crippen molar-refractivity contribution < 1.29 is 23.6 Å². The maximum Gasteiger partial charge on any atom is 0.490 e. The Morgan fingerprint density at radius 2 is 1.96 bits per heavy atom. The molecule has 0 bridgehead atoms. The van der Waals surface area contributed by atoms with Gasteiger partial charge in [-0.15, -0.1) is 0 Å². The molecule has 0 saturated carbocycles. The number of carbonyl (C=O) groups excluding carboxylic acids is 1. The number of carbonyl (C=O) groups is 1. The largest absolute Gasteiger partial charge is 0.490 e. The van der Waals surface area contributed by atoms with Crippen molar-refractivity contribution in [2.75, 3.05) is 5.32 Å². The Balaban J connectivity index is 1.99. The van der Waals surface area contributed by atoms with Crippen LogP contribution >= 0.6 is 0 Å². The molecule has 2 rings (SSSR count). The number of nitrogens with two attached hydrogens (primary N) is 1. The number of benzene rings is 1. The highest BCUT2D eigenvalue weighted by molar-refractivity contribution is 7.79. The summed E-state index contributed by atoms with van der Waals surface area (Å²) in [6.07, 6.45) is 2.87. The highest BCUT2D eigenvalue weighted by Crippen LogP contribution is 2.10. The number of aromatic nitrogens is 1. The van der Waals surface area contributed by atoms with Gasteiger partial charge in [0.1, 0.15) is 0 Å². The SMILES string of the molecule is N[C@@H](Cc1ccc(S(=O)O)cc1)C(=O)Nc1cncc(B(O)O)c1. The second-order valence-electron chi connectivity index (χ2n) is 5.07. The molecule has 1 aromatic heterocycles. The normalized spacial score (nSPS) is 13.2. The van der Waals surface area contributed by atoms with Crippen LogP contribution in [0, 0.1) is 0 Å². The van der Waals surface area contributed by atoms with Crippen LogP contribution in [0.1, 0.15) is 5.56 Å². The highest BCUT2D eigenvalue weighted by atomic mass is 32.2. The molecule has 10 heteroatoms. The van der Waals surface area contributed by atoms with Gasteiger partial charge < -0.3 is 25.7 Å². The fourth-order valence-corrected chi connectivity index (χ4v) is 2.36. The number of nitrogens with zero attached hydrogens (tertiary/aromatic N) is 1.